The molecule has 0 saturated heterocycles. The summed E-state index contributed by atoms with van der Waals surface area (Å²) in [5.74, 6) is -0.192. The van der Waals surface area contributed by atoms with E-state index < -0.39 is 22.5 Å². The van der Waals surface area contributed by atoms with Crippen molar-refractivity contribution in [3.63, 3.8) is 0 Å². The smallest absolute Gasteiger partial charge is 0.321 e. The number of rotatable bonds is 7. The highest BCUT2D eigenvalue weighted by atomic mass is 32.2. The van der Waals surface area contributed by atoms with E-state index in [1.807, 2.05) is 6.07 Å². The van der Waals surface area contributed by atoms with Crippen molar-refractivity contribution in [1.82, 2.24) is 14.9 Å². The molecule has 122 valence electrons. The van der Waals surface area contributed by atoms with Gasteiger partial charge in [-0.05, 0) is 18.6 Å². The average Bonchev–Trinajstić information content (AvgIpc) is 2.96. The first-order valence-electron chi connectivity index (χ1n) is 6.62. The number of ether oxygens (including phenoxy) is 1. The van der Waals surface area contributed by atoms with Gasteiger partial charge in [0.05, 0.1) is 0 Å². The zero-order chi connectivity index (χ0) is 16.7. The van der Waals surface area contributed by atoms with E-state index in [0.717, 1.165) is 11.0 Å². The standard InChI is InChI=1S/C14H15N3O5S/c1-11-16-13(22-17-11)10-21-14(18)9-15-23(19,20)8-7-12-5-3-2-4-6-12/h2-8,15H,9-10H2,1H3/b8-7+. The molecule has 2 rings (SSSR count). The lowest BCUT2D eigenvalue weighted by atomic mass is 10.2. The number of carbonyl (C=O) groups is 1. The number of esters is 1. The Morgan fingerprint density at radius 3 is 2.74 bits per heavy atom. The third-order valence-electron chi connectivity index (χ3n) is 2.58. The molecule has 0 amide bonds. The van der Waals surface area contributed by atoms with Gasteiger partial charge in [0.1, 0.15) is 6.54 Å². The van der Waals surface area contributed by atoms with Gasteiger partial charge < -0.3 is 9.26 Å². The molecule has 0 aliphatic heterocycles. The molecule has 1 N–H and O–H groups in total. The van der Waals surface area contributed by atoms with Crippen LogP contribution in [0.15, 0.2) is 40.3 Å². The highest BCUT2D eigenvalue weighted by molar-refractivity contribution is 7.92. The number of benzene rings is 1. The lowest BCUT2D eigenvalue weighted by molar-refractivity contribution is -0.144. The highest BCUT2D eigenvalue weighted by Crippen LogP contribution is 2.03. The molecule has 9 heteroatoms. The van der Waals surface area contributed by atoms with Crippen LogP contribution in [-0.4, -0.2) is 31.1 Å². The Morgan fingerprint density at radius 1 is 1.35 bits per heavy atom. The van der Waals surface area contributed by atoms with Crippen LogP contribution in [0.3, 0.4) is 0 Å². The Balaban J connectivity index is 1.79. The van der Waals surface area contributed by atoms with Crippen molar-refractivity contribution < 1.29 is 22.5 Å². The summed E-state index contributed by atoms with van der Waals surface area (Å²) in [5.41, 5.74) is 0.729. The first-order chi connectivity index (χ1) is 10.9. The summed E-state index contributed by atoms with van der Waals surface area (Å²) >= 11 is 0. The van der Waals surface area contributed by atoms with E-state index in [1.54, 1.807) is 31.2 Å². The Hall–Kier alpha value is -2.52. The lowest BCUT2D eigenvalue weighted by Crippen LogP contribution is -2.29. The van der Waals surface area contributed by atoms with Gasteiger partial charge in [0.15, 0.2) is 12.4 Å². The van der Waals surface area contributed by atoms with Gasteiger partial charge in [-0.25, -0.2) is 13.1 Å². The van der Waals surface area contributed by atoms with E-state index in [0.29, 0.717) is 5.82 Å². The van der Waals surface area contributed by atoms with E-state index in [1.165, 1.54) is 6.08 Å². The van der Waals surface area contributed by atoms with Crippen molar-refractivity contribution in [3.05, 3.63) is 53.0 Å². The van der Waals surface area contributed by atoms with Gasteiger partial charge in [0, 0.05) is 5.41 Å². The zero-order valence-electron chi connectivity index (χ0n) is 12.3. The largest absolute Gasteiger partial charge is 0.455 e. The molecule has 0 atom stereocenters. The maximum atomic E-state index is 11.7. The molecule has 8 nitrogen and oxygen atoms in total. The van der Waals surface area contributed by atoms with Crippen molar-refractivity contribution in [2.45, 2.75) is 13.5 Å². The second-order valence-electron chi connectivity index (χ2n) is 4.48. The van der Waals surface area contributed by atoms with Gasteiger partial charge in [-0.1, -0.05) is 35.5 Å². The summed E-state index contributed by atoms with van der Waals surface area (Å²) in [5, 5.41) is 4.52. The van der Waals surface area contributed by atoms with Crippen LogP contribution in [0.1, 0.15) is 17.3 Å². The van der Waals surface area contributed by atoms with E-state index in [4.69, 9.17) is 9.26 Å². The summed E-state index contributed by atoms with van der Waals surface area (Å²) in [7, 11) is -3.74. The van der Waals surface area contributed by atoms with Crippen LogP contribution in [0.5, 0.6) is 0 Å². The summed E-state index contributed by atoms with van der Waals surface area (Å²) in [6.07, 6.45) is 1.43. The minimum Gasteiger partial charge on any atom is -0.455 e. The van der Waals surface area contributed by atoms with Crippen LogP contribution in [-0.2, 0) is 26.2 Å². The number of hydrogen-bond donors (Lipinski definition) is 1. The molecular formula is C14H15N3O5S. The number of sulfonamides is 1. The summed E-state index contributed by atoms with van der Waals surface area (Å²) < 4.78 is 35.2. The van der Waals surface area contributed by atoms with Gasteiger partial charge in [0.25, 0.3) is 5.89 Å². The highest BCUT2D eigenvalue weighted by Gasteiger charge is 2.11. The van der Waals surface area contributed by atoms with Crippen molar-refractivity contribution in [2.24, 2.45) is 0 Å². The van der Waals surface area contributed by atoms with E-state index in [2.05, 4.69) is 14.9 Å². The molecule has 2 aromatic rings. The third-order valence-corrected chi connectivity index (χ3v) is 3.62. The Morgan fingerprint density at radius 2 is 2.09 bits per heavy atom. The van der Waals surface area contributed by atoms with Gasteiger partial charge >= 0.3 is 5.97 Å². The quantitative estimate of drug-likeness (QED) is 0.750. The molecule has 23 heavy (non-hydrogen) atoms. The fourth-order valence-corrected chi connectivity index (χ4v) is 2.28. The summed E-state index contributed by atoms with van der Waals surface area (Å²) in [6, 6.07) is 8.91. The lowest BCUT2D eigenvalue weighted by Gasteiger charge is -2.03. The zero-order valence-corrected chi connectivity index (χ0v) is 13.1. The number of hydrogen-bond acceptors (Lipinski definition) is 7. The topological polar surface area (TPSA) is 111 Å². The van der Waals surface area contributed by atoms with E-state index >= 15 is 0 Å². The first kappa shape index (κ1) is 16.8. The average molecular weight is 337 g/mol. The molecule has 0 spiro atoms. The van der Waals surface area contributed by atoms with Crippen LogP contribution in [0.4, 0.5) is 0 Å². The maximum absolute atomic E-state index is 11.7. The Labute approximate surface area is 133 Å². The first-order valence-corrected chi connectivity index (χ1v) is 8.17. The van der Waals surface area contributed by atoms with E-state index in [9.17, 15) is 13.2 Å². The molecule has 0 unspecified atom stereocenters. The van der Waals surface area contributed by atoms with Crippen LogP contribution in [0.25, 0.3) is 6.08 Å². The second kappa shape index (κ2) is 7.65. The number of aromatic nitrogens is 2. The monoisotopic (exact) mass is 337 g/mol. The number of aryl methyl sites for hydroxylation is 1. The molecule has 0 aliphatic rings. The van der Waals surface area contributed by atoms with Gasteiger partial charge in [-0.2, -0.15) is 4.98 Å². The minimum absolute atomic E-state index is 0.141. The fraction of sp³-hybridized carbons (Fsp3) is 0.214. The molecule has 0 aliphatic carbocycles. The Kier molecular flexibility index (Phi) is 5.61. The molecule has 1 aromatic heterocycles. The fourth-order valence-electron chi connectivity index (χ4n) is 1.53. The molecular weight excluding hydrogens is 322 g/mol. The normalized spacial score (nSPS) is 11.7. The van der Waals surface area contributed by atoms with E-state index in [-0.39, 0.29) is 12.5 Å². The van der Waals surface area contributed by atoms with Crippen molar-refractivity contribution in [2.75, 3.05) is 6.54 Å². The van der Waals surface area contributed by atoms with Gasteiger partial charge in [-0.15, -0.1) is 0 Å². The van der Waals surface area contributed by atoms with Crippen LogP contribution < -0.4 is 4.72 Å². The predicted molar refractivity (Wildman–Crippen MR) is 81.2 cm³/mol. The number of carbonyl (C=O) groups excluding carboxylic acids is 1. The van der Waals surface area contributed by atoms with Crippen LogP contribution in [0, 0.1) is 6.92 Å². The third kappa shape index (κ3) is 6.01. The molecule has 1 heterocycles. The van der Waals surface area contributed by atoms with Gasteiger partial charge in [0.2, 0.25) is 10.0 Å². The predicted octanol–water partition coefficient (Wildman–Crippen LogP) is 1.01. The summed E-state index contributed by atoms with van der Waals surface area (Å²) in [4.78, 5) is 15.3. The second-order valence-corrected chi connectivity index (χ2v) is 6.13. The van der Waals surface area contributed by atoms with Gasteiger partial charge in [-0.3, -0.25) is 4.79 Å². The van der Waals surface area contributed by atoms with Crippen LogP contribution in [0.2, 0.25) is 0 Å². The molecule has 0 saturated carbocycles. The van der Waals surface area contributed by atoms with Crippen LogP contribution >= 0.6 is 0 Å². The maximum Gasteiger partial charge on any atom is 0.321 e. The van der Waals surface area contributed by atoms with Crippen molar-refractivity contribution in [1.29, 1.82) is 0 Å². The van der Waals surface area contributed by atoms with Crippen molar-refractivity contribution >= 4 is 22.1 Å². The summed E-state index contributed by atoms with van der Waals surface area (Å²) in [6.45, 7) is 0.928. The molecule has 0 radical (unpaired) electrons. The minimum atomic E-state index is -3.74. The SMILES string of the molecule is Cc1noc(COC(=O)CNS(=O)(=O)/C=C/c2ccccc2)n1. The molecule has 0 fully saturated rings. The Bertz CT molecular complexity index is 784. The number of nitrogens with zero attached hydrogens (tertiary/aromatic N) is 2. The number of nitrogens with one attached hydrogen (secondary N) is 1. The molecule has 1 aromatic carbocycles. The van der Waals surface area contributed by atoms with Crippen molar-refractivity contribution in [3.8, 4) is 0 Å². The molecule has 0 bridgehead atoms.